The van der Waals surface area contributed by atoms with E-state index < -0.39 is 4.99 Å². The summed E-state index contributed by atoms with van der Waals surface area (Å²) in [6.45, 7) is 6.00. The van der Waals surface area contributed by atoms with E-state index in [1.807, 2.05) is 44.1 Å². The molecule has 2 unspecified atom stereocenters. The number of likely N-dealkylation sites (N-methyl/N-ethyl adjacent to an activating group) is 1. The van der Waals surface area contributed by atoms with Crippen molar-refractivity contribution in [2.24, 2.45) is 5.73 Å². The first-order chi connectivity index (χ1) is 16.8. The van der Waals surface area contributed by atoms with Crippen LogP contribution in [0.1, 0.15) is 61.3 Å². The predicted molar refractivity (Wildman–Crippen MR) is 145 cm³/mol. The summed E-state index contributed by atoms with van der Waals surface area (Å²) in [5, 5.41) is 4.85. The molecule has 1 aliphatic carbocycles. The zero-order chi connectivity index (χ0) is 24.6. The fourth-order valence-electron chi connectivity index (χ4n) is 5.06. The molecule has 4 heterocycles. The van der Waals surface area contributed by atoms with Crippen LogP contribution in [0.3, 0.4) is 0 Å². The minimum atomic E-state index is -0.877. The predicted octanol–water partition coefficient (Wildman–Crippen LogP) is 3.85. The van der Waals surface area contributed by atoms with E-state index in [-0.39, 0.29) is 0 Å². The van der Waals surface area contributed by atoms with Crippen molar-refractivity contribution in [1.29, 1.82) is 0 Å². The molecule has 10 heteroatoms. The number of nitrogens with zero attached hydrogens (tertiary/aromatic N) is 6. The molecule has 2 atom stereocenters. The van der Waals surface area contributed by atoms with Crippen LogP contribution in [0.15, 0.2) is 23.6 Å². The van der Waals surface area contributed by atoms with Gasteiger partial charge in [-0.1, -0.05) is 42.8 Å². The standard InChI is InChI=1S/C25H36N8S2/c1-16-12-20(31-24(29-16)34-19-8-6-5-7-9-19)21-13-28-25(26,35-21)23-17(2)30-22(14-27-23)33-11-10-18(15-33)32(3)4/h12-14,18-19,28H,5-11,15,26H2,1-4H3. The summed E-state index contributed by atoms with van der Waals surface area (Å²) >= 11 is 3.37. The van der Waals surface area contributed by atoms with Gasteiger partial charge in [0.15, 0.2) is 10.2 Å². The van der Waals surface area contributed by atoms with Gasteiger partial charge in [0, 0.05) is 36.3 Å². The third-order valence-corrected chi connectivity index (χ3v) is 9.48. The minimum absolute atomic E-state index is 0.550. The van der Waals surface area contributed by atoms with E-state index in [4.69, 9.17) is 25.7 Å². The maximum atomic E-state index is 6.83. The molecule has 3 aliphatic rings. The molecule has 2 aliphatic heterocycles. The smallest absolute Gasteiger partial charge is 0.188 e. The summed E-state index contributed by atoms with van der Waals surface area (Å²) < 4.78 is 0. The molecule has 2 aromatic heterocycles. The molecule has 2 fully saturated rings. The van der Waals surface area contributed by atoms with E-state index in [1.165, 1.54) is 32.1 Å². The van der Waals surface area contributed by atoms with Gasteiger partial charge < -0.3 is 15.1 Å². The number of aromatic nitrogens is 4. The third kappa shape index (κ3) is 5.45. The Balaban J connectivity index is 1.30. The molecule has 0 spiro atoms. The third-order valence-electron chi connectivity index (χ3n) is 7.10. The molecular weight excluding hydrogens is 476 g/mol. The van der Waals surface area contributed by atoms with Gasteiger partial charge in [-0.2, -0.15) is 0 Å². The van der Waals surface area contributed by atoms with Crippen molar-refractivity contribution in [1.82, 2.24) is 30.2 Å². The van der Waals surface area contributed by atoms with Crippen LogP contribution in [0.25, 0.3) is 4.91 Å². The van der Waals surface area contributed by atoms with Crippen molar-refractivity contribution >= 4 is 34.2 Å². The maximum Gasteiger partial charge on any atom is 0.188 e. The highest BCUT2D eigenvalue weighted by Gasteiger charge is 2.38. The van der Waals surface area contributed by atoms with Crippen molar-refractivity contribution in [3.05, 3.63) is 41.2 Å². The van der Waals surface area contributed by atoms with E-state index in [1.54, 1.807) is 11.8 Å². The molecule has 0 bridgehead atoms. The Kier molecular flexibility index (Phi) is 7.25. The van der Waals surface area contributed by atoms with Gasteiger partial charge in [-0.25, -0.2) is 15.0 Å². The van der Waals surface area contributed by atoms with Crippen LogP contribution in [0, 0.1) is 13.8 Å². The van der Waals surface area contributed by atoms with Crippen molar-refractivity contribution in [3.8, 4) is 0 Å². The van der Waals surface area contributed by atoms with Gasteiger partial charge in [-0.05, 0) is 53.3 Å². The van der Waals surface area contributed by atoms with E-state index in [9.17, 15) is 0 Å². The molecule has 8 nitrogen and oxygen atoms in total. The van der Waals surface area contributed by atoms with Gasteiger partial charge in [0.05, 0.1) is 22.5 Å². The maximum absolute atomic E-state index is 6.83. The summed E-state index contributed by atoms with van der Waals surface area (Å²) in [6.07, 6.45) is 11.4. The van der Waals surface area contributed by atoms with Crippen molar-refractivity contribution in [2.45, 2.75) is 73.8 Å². The number of hydrogen-bond acceptors (Lipinski definition) is 10. The first-order valence-corrected chi connectivity index (χ1v) is 14.2. The zero-order valence-corrected chi connectivity index (χ0v) is 22.8. The van der Waals surface area contributed by atoms with E-state index in [0.717, 1.165) is 58.2 Å². The number of hydrogen-bond donors (Lipinski definition) is 2. The van der Waals surface area contributed by atoms with Crippen molar-refractivity contribution in [3.63, 3.8) is 0 Å². The molecule has 188 valence electrons. The molecule has 2 aromatic rings. The first kappa shape index (κ1) is 24.8. The molecule has 0 amide bonds. The Morgan fingerprint density at radius 2 is 1.94 bits per heavy atom. The first-order valence-electron chi connectivity index (χ1n) is 12.5. The molecule has 5 rings (SSSR count). The summed E-state index contributed by atoms with van der Waals surface area (Å²) in [6, 6.07) is 2.59. The highest BCUT2D eigenvalue weighted by Crippen LogP contribution is 2.44. The lowest BCUT2D eigenvalue weighted by atomic mass is 10.0. The Hall–Kier alpha value is -1.88. The lowest BCUT2D eigenvalue weighted by Crippen LogP contribution is -2.44. The fourth-order valence-corrected chi connectivity index (χ4v) is 7.36. The molecule has 3 N–H and O–H groups in total. The average Bonchev–Trinajstić information content (AvgIpc) is 3.47. The highest BCUT2D eigenvalue weighted by atomic mass is 32.2. The van der Waals surface area contributed by atoms with E-state index in [2.05, 4.69) is 29.2 Å². The number of nitrogens with two attached hydrogens (primary N) is 1. The molecule has 35 heavy (non-hydrogen) atoms. The number of rotatable bonds is 6. The second-order valence-corrected chi connectivity index (χ2v) is 12.6. The number of anilines is 1. The van der Waals surface area contributed by atoms with E-state index in [0.29, 0.717) is 11.3 Å². The van der Waals surface area contributed by atoms with Crippen LogP contribution in [0.5, 0.6) is 0 Å². The molecule has 1 saturated carbocycles. The van der Waals surface area contributed by atoms with Gasteiger partial charge in [-0.15, -0.1) is 0 Å². The second-order valence-electron chi connectivity index (χ2n) is 10.1. The van der Waals surface area contributed by atoms with Crippen molar-refractivity contribution in [2.75, 3.05) is 32.1 Å². The lowest BCUT2D eigenvalue weighted by Gasteiger charge is -2.26. The van der Waals surface area contributed by atoms with Gasteiger partial charge in [0.25, 0.3) is 0 Å². The van der Waals surface area contributed by atoms with Crippen LogP contribution >= 0.6 is 23.5 Å². The largest absolute Gasteiger partial charge is 0.359 e. The van der Waals surface area contributed by atoms with Crippen LogP contribution in [-0.4, -0.2) is 63.3 Å². The van der Waals surface area contributed by atoms with Gasteiger partial charge in [-0.3, -0.25) is 10.7 Å². The van der Waals surface area contributed by atoms with Gasteiger partial charge in [0.1, 0.15) is 11.5 Å². The summed E-state index contributed by atoms with van der Waals surface area (Å²) in [5.41, 5.74) is 10.3. The minimum Gasteiger partial charge on any atom is -0.359 e. The SMILES string of the molecule is Cc1cc(C2=CNC(N)(c3ncc(N4CCC(N(C)C)C4)nc3C)S2)nc(SC2CCCCC2)n1. The lowest BCUT2D eigenvalue weighted by molar-refractivity contribution is 0.315. The average molecular weight is 513 g/mol. The van der Waals surface area contributed by atoms with Crippen LogP contribution in [0.2, 0.25) is 0 Å². The number of nitrogens with one attached hydrogen (secondary N) is 1. The van der Waals surface area contributed by atoms with Crippen LogP contribution in [0.4, 0.5) is 5.82 Å². The van der Waals surface area contributed by atoms with Crippen molar-refractivity contribution < 1.29 is 0 Å². The molecule has 0 aromatic carbocycles. The summed E-state index contributed by atoms with van der Waals surface area (Å²) in [7, 11) is 4.27. The van der Waals surface area contributed by atoms with E-state index >= 15 is 0 Å². The Morgan fingerprint density at radius 1 is 1.14 bits per heavy atom. The highest BCUT2D eigenvalue weighted by molar-refractivity contribution is 8.09. The number of thioether (sulfide) groups is 2. The Bertz CT molecular complexity index is 1100. The Labute approximate surface area is 217 Å². The normalized spacial score (nSPS) is 25.3. The quantitative estimate of drug-likeness (QED) is 0.556. The van der Waals surface area contributed by atoms with Gasteiger partial charge in [0.2, 0.25) is 0 Å². The summed E-state index contributed by atoms with van der Waals surface area (Å²) in [4.78, 5) is 24.0. The topological polar surface area (TPSA) is 96.1 Å². The van der Waals surface area contributed by atoms with Crippen LogP contribution < -0.4 is 16.0 Å². The molecular formula is C25H36N8S2. The number of aryl methyl sites for hydroxylation is 2. The van der Waals surface area contributed by atoms with Crippen LogP contribution in [-0.2, 0) is 4.99 Å². The fraction of sp³-hybridized carbons (Fsp3) is 0.600. The zero-order valence-electron chi connectivity index (χ0n) is 21.1. The summed E-state index contributed by atoms with van der Waals surface area (Å²) in [5.74, 6) is 0.922. The molecule has 0 radical (unpaired) electrons. The van der Waals surface area contributed by atoms with Gasteiger partial charge >= 0.3 is 0 Å². The molecule has 1 saturated heterocycles. The monoisotopic (exact) mass is 512 g/mol. The second kappa shape index (κ2) is 10.2. The Morgan fingerprint density at radius 3 is 2.66 bits per heavy atom.